The molecular weight excluding hydrogens is 372 g/mol. The number of carbonyl (C=O) groups is 3. The Bertz CT molecular complexity index is 803. The number of likely N-dealkylation sites (tertiary alicyclic amines) is 2. The number of hydrogen-bond donors (Lipinski definition) is 2. The maximum atomic E-state index is 13.7. The Kier molecular flexibility index (Phi) is 5.53. The molecule has 0 radical (unpaired) electrons. The van der Waals surface area contributed by atoms with Crippen LogP contribution < -0.4 is 5.32 Å². The van der Waals surface area contributed by atoms with Gasteiger partial charge in [0.2, 0.25) is 5.91 Å². The molecule has 3 rings (SSSR count). The highest BCUT2D eigenvalue weighted by Crippen LogP contribution is 2.33. The lowest BCUT2D eigenvalue weighted by Gasteiger charge is -2.36. The van der Waals surface area contributed by atoms with E-state index in [0.717, 1.165) is 12.1 Å². The zero-order valence-corrected chi connectivity index (χ0v) is 15.7. The first kappa shape index (κ1) is 20.0. The largest absolute Gasteiger partial charge is 0.481 e. The van der Waals surface area contributed by atoms with E-state index in [1.807, 2.05) is 6.92 Å². The minimum absolute atomic E-state index is 0.0255. The van der Waals surface area contributed by atoms with E-state index in [9.17, 15) is 28.3 Å². The molecule has 0 aromatic heterocycles. The summed E-state index contributed by atoms with van der Waals surface area (Å²) < 4.78 is 26.9. The molecule has 2 heterocycles. The van der Waals surface area contributed by atoms with Crippen LogP contribution in [0.3, 0.4) is 0 Å². The number of carboxylic acids is 1. The number of carbonyl (C=O) groups excluding carboxylic acids is 2. The fraction of sp³-hybridized carbons (Fsp3) is 0.526. The number of halogens is 2. The first-order valence-electron chi connectivity index (χ1n) is 9.16. The van der Waals surface area contributed by atoms with Gasteiger partial charge < -0.3 is 20.2 Å². The number of likely N-dealkylation sites (N-methyl/N-ethyl adjacent to an activating group) is 1. The van der Waals surface area contributed by atoms with Gasteiger partial charge in [0.1, 0.15) is 0 Å². The molecule has 3 amide bonds. The summed E-state index contributed by atoms with van der Waals surface area (Å²) in [7, 11) is 1.55. The number of urea groups is 1. The molecule has 4 unspecified atom stereocenters. The van der Waals surface area contributed by atoms with Gasteiger partial charge >= 0.3 is 12.0 Å². The van der Waals surface area contributed by atoms with E-state index in [4.69, 9.17) is 0 Å². The van der Waals surface area contributed by atoms with E-state index >= 15 is 0 Å². The van der Waals surface area contributed by atoms with Gasteiger partial charge in [-0.1, -0.05) is 13.0 Å². The monoisotopic (exact) mass is 395 g/mol. The summed E-state index contributed by atoms with van der Waals surface area (Å²) in [6, 6.07) is 1.68. The second-order valence-electron chi connectivity index (χ2n) is 7.66. The fourth-order valence-electron chi connectivity index (χ4n) is 4.10. The molecule has 2 saturated heterocycles. The summed E-state index contributed by atoms with van der Waals surface area (Å²) >= 11 is 0. The molecule has 1 aromatic rings. The summed E-state index contributed by atoms with van der Waals surface area (Å²) in [6.07, 6.45) is 0.527. The highest BCUT2D eigenvalue weighted by molar-refractivity contribution is 5.83. The van der Waals surface area contributed by atoms with Gasteiger partial charge in [-0.05, 0) is 30.0 Å². The van der Waals surface area contributed by atoms with E-state index in [2.05, 4.69) is 5.32 Å². The third-order valence-corrected chi connectivity index (χ3v) is 5.48. The summed E-state index contributed by atoms with van der Waals surface area (Å²) in [5.41, 5.74) is 0.382. The van der Waals surface area contributed by atoms with Crippen molar-refractivity contribution in [3.63, 3.8) is 0 Å². The average Bonchev–Trinajstić information content (AvgIpc) is 2.90. The Hall–Kier alpha value is -2.71. The van der Waals surface area contributed by atoms with E-state index in [-0.39, 0.29) is 24.8 Å². The molecule has 152 valence electrons. The predicted molar refractivity (Wildman–Crippen MR) is 95.3 cm³/mol. The van der Waals surface area contributed by atoms with Crippen LogP contribution in [0.1, 0.15) is 31.4 Å². The summed E-state index contributed by atoms with van der Waals surface area (Å²) in [5.74, 6) is -3.78. The van der Waals surface area contributed by atoms with Crippen LogP contribution in [0.25, 0.3) is 0 Å². The quantitative estimate of drug-likeness (QED) is 0.819. The second kappa shape index (κ2) is 7.73. The van der Waals surface area contributed by atoms with Crippen molar-refractivity contribution in [3.8, 4) is 0 Å². The molecule has 0 saturated carbocycles. The number of nitrogens with zero attached hydrogens (tertiary/aromatic N) is 2. The number of benzene rings is 1. The van der Waals surface area contributed by atoms with Crippen LogP contribution in [-0.2, 0) is 9.59 Å². The molecule has 0 spiro atoms. The van der Waals surface area contributed by atoms with Crippen molar-refractivity contribution in [1.82, 2.24) is 15.1 Å². The minimum Gasteiger partial charge on any atom is -0.481 e. The lowest BCUT2D eigenvalue weighted by Crippen LogP contribution is -2.52. The van der Waals surface area contributed by atoms with Crippen LogP contribution in [-0.4, -0.2) is 59.0 Å². The summed E-state index contributed by atoms with van der Waals surface area (Å²) in [6.45, 7) is 2.40. The number of aliphatic carboxylic acids is 1. The second-order valence-corrected chi connectivity index (χ2v) is 7.66. The van der Waals surface area contributed by atoms with Crippen molar-refractivity contribution in [2.75, 3.05) is 20.1 Å². The van der Waals surface area contributed by atoms with Gasteiger partial charge in [0.05, 0.1) is 18.0 Å². The molecule has 2 fully saturated rings. The van der Waals surface area contributed by atoms with Gasteiger partial charge in [0.25, 0.3) is 0 Å². The molecule has 9 heteroatoms. The maximum absolute atomic E-state index is 13.7. The normalized spacial score (nSPS) is 27.8. The van der Waals surface area contributed by atoms with Crippen LogP contribution in [0.5, 0.6) is 0 Å². The molecule has 0 bridgehead atoms. The van der Waals surface area contributed by atoms with Gasteiger partial charge in [-0.15, -0.1) is 0 Å². The zero-order chi connectivity index (χ0) is 20.6. The first-order valence-corrected chi connectivity index (χ1v) is 9.16. The molecule has 2 aliphatic rings. The Labute approximate surface area is 161 Å². The van der Waals surface area contributed by atoms with Crippen molar-refractivity contribution in [2.45, 2.75) is 31.8 Å². The summed E-state index contributed by atoms with van der Waals surface area (Å²) in [5, 5.41) is 12.1. The van der Waals surface area contributed by atoms with Gasteiger partial charge in [-0.2, -0.15) is 0 Å². The lowest BCUT2D eigenvalue weighted by molar-refractivity contribution is -0.143. The van der Waals surface area contributed by atoms with Crippen LogP contribution in [0.2, 0.25) is 0 Å². The maximum Gasteiger partial charge on any atom is 0.317 e. The number of carboxylic acid groups (broad SMARTS) is 1. The molecule has 4 atom stereocenters. The zero-order valence-electron chi connectivity index (χ0n) is 15.7. The molecule has 28 heavy (non-hydrogen) atoms. The van der Waals surface area contributed by atoms with Crippen molar-refractivity contribution >= 4 is 17.9 Å². The van der Waals surface area contributed by atoms with Crippen molar-refractivity contribution in [1.29, 1.82) is 0 Å². The standard InChI is InChI=1S/C19H23F2N3O4/c1-10-5-12(18(26)27)9-24(8-10)19(28)22-15-7-16(25)23(2)17(15)11-3-4-13(20)14(21)6-11/h3-4,6,10,12,15,17H,5,7-9H2,1-2H3,(H,22,28)(H,26,27). The lowest BCUT2D eigenvalue weighted by atomic mass is 9.90. The Morgan fingerprint density at radius 2 is 1.93 bits per heavy atom. The summed E-state index contributed by atoms with van der Waals surface area (Å²) in [4.78, 5) is 39.1. The molecule has 0 aliphatic carbocycles. The van der Waals surface area contributed by atoms with E-state index in [1.165, 1.54) is 15.9 Å². The number of hydrogen-bond acceptors (Lipinski definition) is 3. The van der Waals surface area contributed by atoms with Crippen LogP contribution in [0.4, 0.5) is 13.6 Å². The van der Waals surface area contributed by atoms with Crippen LogP contribution in [0.15, 0.2) is 18.2 Å². The van der Waals surface area contributed by atoms with Gasteiger partial charge in [0.15, 0.2) is 11.6 Å². The minimum atomic E-state index is -1.02. The smallest absolute Gasteiger partial charge is 0.317 e. The topological polar surface area (TPSA) is 90.0 Å². The van der Waals surface area contributed by atoms with Crippen molar-refractivity contribution in [3.05, 3.63) is 35.4 Å². The van der Waals surface area contributed by atoms with Crippen molar-refractivity contribution < 1.29 is 28.3 Å². The molecule has 7 nitrogen and oxygen atoms in total. The van der Waals surface area contributed by atoms with E-state index < -0.39 is 41.6 Å². The molecular formula is C19H23F2N3O4. The van der Waals surface area contributed by atoms with Crippen LogP contribution >= 0.6 is 0 Å². The Morgan fingerprint density at radius 1 is 1.21 bits per heavy atom. The number of amides is 3. The highest BCUT2D eigenvalue weighted by atomic mass is 19.2. The first-order chi connectivity index (χ1) is 13.2. The highest BCUT2D eigenvalue weighted by Gasteiger charge is 2.41. The van der Waals surface area contributed by atoms with Gasteiger partial charge in [0, 0.05) is 26.6 Å². The number of rotatable bonds is 3. The van der Waals surface area contributed by atoms with E-state index in [0.29, 0.717) is 18.5 Å². The van der Waals surface area contributed by atoms with E-state index in [1.54, 1.807) is 7.05 Å². The van der Waals surface area contributed by atoms with Crippen LogP contribution in [0, 0.1) is 23.5 Å². The fourth-order valence-corrected chi connectivity index (χ4v) is 4.10. The number of nitrogens with one attached hydrogen (secondary N) is 1. The Morgan fingerprint density at radius 3 is 2.57 bits per heavy atom. The molecule has 1 aromatic carbocycles. The van der Waals surface area contributed by atoms with Crippen molar-refractivity contribution in [2.24, 2.45) is 11.8 Å². The predicted octanol–water partition coefficient (Wildman–Crippen LogP) is 1.99. The SMILES string of the molecule is CC1CC(C(=O)O)CN(C(=O)NC2CC(=O)N(C)C2c2ccc(F)c(F)c2)C1. The third-order valence-electron chi connectivity index (χ3n) is 5.48. The number of piperidine rings is 1. The Balaban J connectivity index is 1.77. The molecule has 2 N–H and O–H groups in total. The third kappa shape index (κ3) is 3.93. The molecule has 2 aliphatic heterocycles. The van der Waals surface area contributed by atoms with Gasteiger partial charge in [-0.3, -0.25) is 9.59 Å². The van der Waals surface area contributed by atoms with Gasteiger partial charge in [-0.25, -0.2) is 13.6 Å². The average molecular weight is 395 g/mol.